The molecule has 2 rings (SSSR count). The van der Waals surface area contributed by atoms with E-state index in [2.05, 4.69) is 15.5 Å². The maximum atomic E-state index is 12.7. The molecule has 0 bridgehead atoms. The van der Waals surface area contributed by atoms with E-state index < -0.39 is 10.0 Å². The smallest absolute Gasteiger partial charge is 0.246 e. The van der Waals surface area contributed by atoms with Crippen LogP contribution in [0.3, 0.4) is 0 Å². The fraction of sp³-hybridized carbons (Fsp3) is 0.733. The van der Waals surface area contributed by atoms with Gasteiger partial charge < -0.3 is 5.32 Å². The molecule has 0 atom stereocenters. The van der Waals surface area contributed by atoms with Crippen LogP contribution in [-0.2, 0) is 14.8 Å². The Balaban J connectivity index is 2.00. The maximum absolute atomic E-state index is 12.7. The molecule has 23 heavy (non-hydrogen) atoms. The molecule has 8 heteroatoms. The van der Waals surface area contributed by atoms with E-state index in [9.17, 15) is 13.2 Å². The highest BCUT2D eigenvalue weighted by Gasteiger charge is 2.34. The number of aromatic amines is 1. The average Bonchev–Trinajstić information content (AvgIpc) is 2.84. The van der Waals surface area contributed by atoms with Gasteiger partial charge in [0.25, 0.3) is 0 Å². The third-order valence-corrected chi connectivity index (χ3v) is 6.33. The zero-order valence-electron chi connectivity index (χ0n) is 14.2. The SMILES string of the molecule is Cc1n[nH]c(C)c1S(=O)(=O)N1CCC(C(=O)NCC(C)C)CC1. The van der Waals surface area contributed by atoms with Gasteiger partial charge in [-0.3, -0.25) is 9.89 Å². The molecular formula is C15H26N4O3S. The molecular weight excluding hydrogens is 316 g/mol. The van der Waals surface area contributed by atoms with E-state index in [1.165, 1.54) is 4.31 Å². The molecule has 0 aliphatic carbocycles. The van der Waals surface area contributed by atoms with E-state index in [1.54, 1.807) is 13.8 Å². The summed E-state index contributed by atoms with van der Waals surface area (Å²) in [5.41, 5.74) is 1.04. The first-order valence-corrected chi connectivity index (χ1v) is 9.47. The molecule has 0 radical (unpaired) electrons. The largest absolute Gasteiger partial charge is 0.356 e. The van der Waals surface area contributed by atoms with Gasteiger partial charge in [0.2, 0.25) is 15.9 Å². The minimum atomic E-state index is -3.55. The van der Waals surface area contributed by atoms with Crippen molar-refractivity contribution in [3.05, 3.63) is 11.4 Å². The number of carbonyl (C=O) groups is 1. The number of H-pyrrole nitrogens is 1. The van der Waals surface area contributed by atoms with Crippen molar-refractivity contribution in [3.8, 4) is 0 Å². The van der Waals surface area contributed by atoms with Gasteiger partial charge >= 0.3 is 0 Å². The Bertz CT molecular complexity index is 639. The van der Waals surface area contributed by atoms with E-state index in [0.717, 1.165) is 0 Å². The van der Waals surface area contributed by atoms with Crippen molar-refractivity contribution < 1.29 is 13.2 Å². The van der Waals surface area contributed by atoms with Gasteiger partial charge in [0, 0.05) is 25.6 Å². The second kappa shape index (κ2) is 7.00. The Morgan fingerprint density at radius 1 is 1.35 bits per heavy atom. The van der Waals surface area contributed by atoms with Gasteiger partial charge in [0.1, 0.15) is 4.90 Å². The van der Waals surface area contributed by atoms with E-state index in [0.29, 0.717) is 49.8 Å². The summed E-state index contributed by atoms with van der Waals surface area (Å²) in [5, 5.41) is 9.61. The first-order valence-electron chi connectivity index (χ1n) is 8.03. The van der Waals surface area contributed by atoms with E-state index >= 15 is 0 Å². The number of aromatic nitrogens is 2. The summed E-state index contributed by atoms with van der Waals surface area (Å²) in [7, 11) is -3.55. The van der Waals surface area contributed by atoms with Crippen LogP contribution < -0.4 is 5.32 Å². The van der Waals surface area contributed by atoms with Gasteiger partial charge in [-0.2, -0.15) is 9.40 Å². The molecule has 130 valence electrons. The number of hydrogen-bond acceptors (Lipinski definition) is 4. The summed E-state index contributed by atoms with van der Waals surface area (Å²) in [6.07, 6.45) is 1.11. The lowest BCUT2D eigenvalue weighted by molar-refractivity contribution is -0.126. The average molecular weight is 342 g/mol. The molecule has 1 saturated heterocycles. The predicted octanol–water partition coefficient (Wildman–Crippen LogP) is 1.20. The minimum absolute atomic E-state index is 0.0337. The number of sulfonamides is 1. The lowest BCUT2D eigenvalue weighted by atomic mass is 9.97. The van der Waals surface area contributed by atoms with Gasteiger partial charge in [-0.15, -0.1) is 0 Å². The summed E-state index contributed by atoms with van der Waals surface area (Å²) in [4.78, 5) is 12.4. The van der Waals surface area contributed by atoms with Crippen molar-refractivity contribution in [2.75, 3.05) is 19.6 Å². The van der Waals surface area contributed by atoms with Crippen LogP contribution in [0, 0.1) is 25.7 Å². The first kappa shape index (κ1) is 17.9. The van der Waals surface area contributed by atoms with Crippen molar-refractivity contribution in [2.45, 2.75) is 45.4 Å². The summed E-state index contributed by atoms with van der Waals surface area (Å²) >= 11 is 0. The Kier molecular flexibility index (Phi) is 5.46. The number of amides is 1. The highest BCUT2D eigenvalue weighted by atomic mass is 32.2. The molecule has 0 unspecified atom stereocenters. The Hall–Kier alpha value is -1.41. The standard InChI is InChI=1S/C15H26N4O3S/c1-10(2)9-16-15(20)13-5-7-19(8-6-13)23(21,22)14-11(3)17-18-12(14)4/h10,13H,5-9H2,1-4H3,(H,16,20)(H,17,18). The number of aryl methyl sites for hydroxylation is 2. The summed E-state index contributed by atoms with van der Waals surface area (Å²) < 4.78 is 27.0. The fourth-order valence-corrected chi connectivity index (χ4v) is 4.66. The number of hydrogen-bond donors (Lipinski definition) is 2. The van der Waals surface area contributed by atoms with Crippen LogP contribution in [0.15, 0.2) is 4.90 Å². The van der Waals surface area contributed by atoms with Crippen molar-refractivity contribution in [2.24, 2.45) is 11.8 Å². The molecule has 0 aromatic carbocycles. The minimum Gasteiger partial charge on any atom is -0.356 e. The molecule has 2 N–H and O–H groups in total. The van der Waals surface area contributed by atoms with E-state index in [4.69, 9.17) is 0 Å². The number of piperidine rings is 1. The van der Waals surface area contributed by atoms with Crippen LogP contribution in [0.4, 0.5) is 0 Å². The molecule has 0 saturated carbocycles. The Morgan fingerprint density at radius 2 is 1.96 bits per heavy atom. The normalized spacial score (nSPS) is 17.6. The van der Waals surface area contributed by atoms with Crippen LogP contribution >= 0.6 is 0 Å². The molecule has 1 aliphatic rings. The highest BCUT2D eigenvalue weighted by molar-refractivity contribution is 7.89. The summed E-state index contributed by atoms with van der Waals surface area (Å²) in [6, 6.07) is 0. The Labute approximate surface area is 137 Å². The van der Waals surface area contributed by atoms with E-state index in [-0.39, 0.29) is 16.7 Å². The third kappa shape index (κ3) is 3.92. The number of nitrogens with zero attached hydrogens (tertiary/aromatic N) is 2. The zero-order chi connectivity index (χ0) is 17.2. The lowest BCUT2D eigenvalue weighted by Crippen LogP contribution is -2.43. The van der Waals surface area contributed by atoms with Crippen LogP contribution in [0.2, 0.25) is 0 Å². The monoisotopic (exact) mass is 342 g/mol. The second-order valence-electron chi connectivity index (χ2n) is 6.58. The number of rotatable bonds is 5. The molecule has 0 spiro atoms. The Morgan fingerprint density at radius 3 is 2.43 bits per heavy atom. The first-order chi connectivity index (χ1) is 10.7. The van der Waals surface area contributed by atoms with Crippen molar-refractivity contribution in [1.29, 1.82) is 0 Å². The van der Waals surface area contributed by atoms with Gasteiger partial charge in [0.15, 0.2) is 0 Å². The predicted molar refractivity (Wildman–Crippen MR) is 87.4 cm³/mol. The number of carbonyl (C=O) groups excluding carboxylic acids is 1. The topological polar surface area (TPSA) is 95.2 Å². The summed E-state index contributed by atoms with van der Waals surface area (Å²) in [6.45, 7) is 8.88. The molecule has 1 aromatic heterocycles. The fourth-order valence-electron chi connectivity index (χ4n) is 2.86. The zero-order valence-corrected chi connectivity index (χ0v) is 15.0. The second-order valence-corrected chi connectivity index (χ2v) is 8.46. The van der Waals surface area contributed by atoms with Crippen molar-refractivity contribution >= 4 is 15.9 Å². The molecule has 1 amide bonds. The van der Waals surface area contributed by atoms with Gasteiger partial charge in [-0.05, 0) is 32.6 Å². The number of nitrogens with one attached hydrogen (secondary N) is 2. The van der Waals surface area contributed by atoms with Gasteiger partial charge in [-0.1, -0.05) is 13.8 Å². The molecule has 1 fully saturated rings. The molecule has 2 heterocycles. The highest BCUT2D eigenvalue weighted by Crippen LogP contribution is 2.26. The van der Waals surface area contributed by atoms with Gasteiger partial charge in [-0.25, -0.2) is 8.42 Å². The molecule has 1 aliphatic heterocycles. The summed E-state index contributed by atoms with van der Waals surface area (Å²) in [5.74, 6) is 0.338. The van der Waals surface area contributed by atoms with Crippen LogP contribution in [0.5, 0.6) is 0 Å². The van der Waals surface area contributed by atoms with Crippen molar-refractivity contribution in [1.82, 2.24) is 19.8 Å². The van der Waals surface area contributed by atoms with Crippen LogP contribution in [0.1, 0.15) is 38.1 Å². The maximum Gasteiger partial charge on any atom is 0.246 e. The van der Waals surface area contributed by atoms with Crippen LogP contribution in [0.25, 0.3) is 0 Å². The quantitative estimate of drug-likeness (QED) is 0.840. The molecule has 7 nitrogen and oxygen atoms in total. The van der Waals surface area contributed by atoms with Gasteiger partial charge in [0.05, 0.1) is 11.4 Å². The van der Waals surface area contributed by atoms with Crippen LogP contribution in [-0.4, -0.2) is 48.5 Å². The van der Waals surface area contributed by atoms with E-state index in [1.807, 2.05) is 13.8 Å². The third-order valence-electron chi connectivity index (χ3n) is 4.17. The molecule has 1 aromatic rings. The lowest BCUT2D eigenvalue weighted by Gasteiger charge is -2.30. The van der Waals surface area contributed by atoms with Crippen molar-refractivity contribution in [3.63, 3.8) is 0 Å².